The van der Waals surface area contributed by atoms with Gasteiger partial charge in [0.15, 0.2) is 0 Å². The van der Waals surface area contributed by atoms with E-state index >= 15 is 0 Å². The third kappa shape index (κ3) is 8.69. The van der Waals surface area contributed by atoms with E-state index < -0.39 is 8.07 Å². The third-order valence-electron chi connectivity index (χ3n) is 10.8. The molecule has 0 saturated heterocycles. The first-order valence-electron chi connectivity index (χ1n) is 19.5. The number of aryl methyl sites for hydroxylation is 2. The van der Waals surface area contributed by atoms with Gasteiger partial charge in [-0.05, 0) is 84.6 Å². The largest absolute Gasteiger partial charge is 0.501 e. The van der Waals surface area contributed by atoms with Crippen molar-refractivity contribution >= 4 is 35.2 Å². The molecule has 0 unspecified atom stereocenters. The van der Waals surface area contributed by atoms with Gasteiger partial charge in [-0.3, -0.25) is 4.98 Å². The molecular weight excluding hydrogens is 879 g/mol. The van der Waals surface area contributed by atoms with Crippen molar-refractivity contribution in [3.8, 4) is 44.8 Å². The summed E-state index contributed by atoms with van der Waals surface area (Å²) in [6.45, 7) is 11.1. The van der Waals surface area contributed by atoms with Crippen LogP contribution in [0.5, 0.6) is 0 Å². The Bertz CT molecular complexity index is 2550. The van der Waals surface area contributed by atoms with Crippen LogP contribution >= 0.6 is 0 Å². The topological polar surface area (TPSA) is 51.8 Å². The number of furan rings is 1. The molecule has 8 aromatic rings. The zero-order valence-corrected chi connectivity index (χ0v) is 36.2. The molecule has 1 fully saturated rings. The van der Waals surface area contributed by atoms with Crippen LogP contribution in [0.3, 0.4) is 0 Å². The molecule has 0 spiro atoms. The summed E-state index contributed by atoms with van der Waals surface area (Å²) in [5, 5.41) is 3.63. The number of pyridine rings is 3. The summed E-state index contributed by atoms with van der Waals surface area (Å²) in [6, 6.07) is 47.0. The first kappa shape index (κ1) is 39.2. The number of rotatable bonds is 6. The Morgan fingerprint density at radius 1 is 0.661 bits per heavy atom. The number of hydrogen-bond donors (Lipinski definition) is 0. The molecule has 6 heteroatoms. The van der Waals surface area contributed by atoms with E-state index in [4.69, 9.17) is 9.40 Å². The first-order valence-corrected chi connectivity index (χ1v) is 23.0. The van der Waals surface area contributed by atoms with Crippen LogP contribution in [0.2, 0.25) is 19.6 Å². The van der Waals surface area contributed by atoms with Gasteiger partial charge in [-0.15, -0.1) is 48.0 Å². The van der Waals surface area contributed by atoms with E-state index in [1.54, 1.807) is 0 Å². The maximum Gasteiger partial charge on any atom is 0.121 e. The van der Waals surface area contributed by atoms with E-state index in [9.17, 15) is 0 Å². The van der Waals surface area contributed by atoms with Gasteiger partial charge in [0.1, 0.15) is 5.58 Å². The predicted octanol–water partition coefficient (Wildman–Crippen LogP) is 12.9. The van der Waals surface area contributed by atoms with Crippen molar-refractivity contribution in [3.05, 3.63) is 157 Å². The van der Waals surface area contributed by atoms with E-state index in [0.29, 0.717) is 5.92 Å². The standard InChI is InChI=1S/C29H24NO.C21H23N2Si.Ir/c1-3-8-20(9-4-1)22-14-15-24-25-12-7-13-26(29(25)31-28(24)19-22)27-18-23(16-17-30-27)21-10-5-2-6-11-21;1-15-12-19(13-16(2)23-15)17-6-8-18(9-7-17)21-11-10-20(14-22-21)24(3,4)5;/h1,3-4,7-9,12,14-19,21H,2,5-6,10-11H2;6-8,10-14H,1-5H3;/q2*-1;. The quantitative estimate of drug-likeness (QED) is 0.123. The van der Waals surface area contributed by atoms with E-state index in [1.807, 2.05) is 44.4 Å². The minimum Gasteiger partial charge on any atom is -0.501 e. The molecule has 0 atom stereocenters. The maximum absolute atomic E-state index is 6.41. The monoisotopic (exact) mass is 926 g/mol. The molecule has 1 aliphatic rings. The summed E-state index contributed by atoms with van der Waals surface area (Å²) in [4.78, 5) is 13.8. The Labute approximate surface area is 345 Å². The SMILES string of the molecule is Cc1cc(-c2c[c-]c(-c3ccc([Si](C)(C)C)cn3)cc2)cc(C)n1.[Ir].[c-]1ccc2c(oc3cc(-c4ccccc4)ccc32)c1-c1cc(C2CCCCC2)ccn1. The smallest absolute Gasteiger partial charge is 0.121 e. The van der Waals surface area contributed by atoms with E-state index in [1.165, 1.54) is 54.0 Å². The summed E-state index contributed by atoms with van der Waals surface area (Å²) >= 11 is 0. The summed E-state index contributed by atoms with van der Waals surface area (Å²) < 4.78 is 6.41. The zero-order chi connectivity index (χ0) is 37.9. The molecule has 1 saturated carbocycles. The van der Waals surface area contributed by atoms with Crippen molar-refractivity contribution < 1.29 is 24.5 Å². The molecular formula is C50H47IrN3OSi-2. The van der Waals surface area contributed by atoms with Gasteiger partial charge >= 0.3 is 0 Å². The summed E-state index contributed by atoms with van der Waals surface area (Å²) in [7, 11) is -1.30. The molecule has 0 aliphatic heterocycles. The molecule has 283 valence electrons. The average molecular weight is 926 g/mol. The molecule has 4 nitrogen and oxygen atoms in total. The molecule has 4 aromatic carbocycles. The molecule has 9 rings (SSSR count). The minimum atomic E-state index is -1.30. The molecule has 0 amide bonds. The molecule has 0 N–H and O–H groups in total. The van der Waals surface area contributed by atoms with Gasteiger partial charge in [-0.2, -0.15) is 0 Å². The summed E-state index contributed by atoms with van der Waals surface area (Å²) in [5.74, 6) is 0.652. The van der Waals surface area contributed by atoms with Gasteiger partial charge in [0.2, 0.25) is 0 Å². The number of hydrogen-bond acceptors (Lipinski definition) is 4. The van der Waals surface area contributed by atoms with Crippen LogP contribution < -0.4 is 5.19 Å². The van der Waals surface area contributed by atoms with Gasteiger partial charge in [0.25, 0.3) is 0 Å². The van der Waals surface area contributed by atoms with Gasteiger partial charge < -0.3 is 14.4 Å². The van der Waals surface area contributed by atoms with Crippen LogP contribution in [0, 0.1) is 26.0 Å². The van der Waals surface area contributed by atoms with E-state index in [2.05, 4.69) is 139 Å². The predicted molar refractivity (Wildman–Crippen MR) is 231 cm³/mol. The fraction of sp³-hybridized carbons (Fsp3) is 0.220. The molecule has 1 radical (unpaired) electrons. The Kier molecular flexibility index (Phi) is 11.9. The zero-order valence-electron chi connectivity index (χ0n) is 32.8. The second-order valence-corrected chi connectivity index (χ2v) is 21.0. The van der Waals surface area contributed by atoms with Gasteiger partial charge in [0.05, 0.1) is 13.7 Å². The summed E-state index contributed by atoms with van der Waals surface area (Å²) in [5.41, 5.74) is 13.9. The Balaban J connectivity index is 0.000000175. The van der Waals surface area contributed by atoms with Crippen LogP contribution in [-0.2, 0) is 20.1 Å². The second-order valence-electron chi connectivity index (χ2n) is 15.9. The van der Waals surface area contributed by atoms with Gasteiger partial charge in [-0.25, -0.2) is 0 Å². The minimum absolute atomic E-state index is 0. The van der Waals surface area contributed by atoms with Crippen LogP contribution in [-0.4, -0.2) is 23.0 Å². The Morgan fingerprint density at radius 2 is 1.43 bits per heavy atom. The van der Waals surface area contributed by atoms with Crippen molar-refractivity contribution in [2.45, 2.75) is 71.5 Å². The second kappa shape index (κ2) is 17.0. The molecule has 4 heterocycles. The Hall–Kier alpha value is -5.00. The van der Waals surface area contributed by atoms with Crippen molar-refractivity contribution in [2.24, 2.45) is 0 Å². The summed E-state index contributed by atoms with van der Waals surface area (Å²) in [6.07, 6.45) is 10.6. The number of nitrogens with zero attached hydrogens (tertiary/aromatic N) is 3. The van der Waals surface area contributed by atoms with Gasteiger partial charge in [0, 0.05) is 49.3 Å². The number of benzene rings is 4. The van der Waals surface area contributed by atoms with Crippen LogP contribution in [0.4, 0.5) is 0 Å². The number of aromatic nitrogens is 3. The number of fused-ring (bicyclic) bond motifs is 3. The van der Waals surface area contributed by atoms with E-state index in [-0.39, 0.29) is 20.1 Å². The normalized spacial score (nSPS) is 13.2. The first-order chi connectivity index (χ1) is 26.7. The Morgan fingerprint density at radius 3 is 2.12 bits per heavy atom. The van der Waals surface area contributed by atoms with Crippen molar-refractivity contribution in [2.75, 3.05) is 0 Å². The molecule has 0 bridgehead atoms. The van der Waals surface area contributed by atoms with E-state index in [0.717, 1.165) is 67.0 Å². The van der Waals surface area contributed by atoms with Crippen molar-refractivity contribution in [3.63, 3.8) is 0 Å². The fourth-order valence-corrected chi connectivity index (χ4v) is 8.81. The third-order valence-corrected chi connectivity index (χ3v) is 12.8. The average Bonchev–Trinajstić information content (AvgIpc) is 3.60. The molecule has 1 aliphatic carbocycles. The molecule has 4 aromatic heterocycles. The van der Waals surface area contributed by atoms with Crippen molar-refractivity contribution in [1.82, 2.24) is 15.0 Å². The fourth-order valence-electron chi connectivity index (χ4n) is 7.78. The molecule has 56 heavy (non-hydrogen) atoms. The van der Waals surface area contributed by atoms with Gasteiger partial charge in [-0.1, -0.05) is 127 Å². The van der Waals surface area contributed by atoms with Crippen LogP contribution in [0.1, 0.15) is 55.0 Å². The van der Waals surface area contributed by atoms with Crippen molar-refractivity contribution in [1.29, 1.82) is 0 Å². The maximum atomic E-state index is 6.41. The van der Waals surface area contributed by atoms with Crippen LogP contribution in [0.15, 0.2) is 132 Å². The van der Waals surface area contributed by atoms with Crippen LogP contribution in [0.25, 0.3) is 66.7 Å².